The van der Waals surface area contributed by atoms with Crippen LogP contribution < -0.4 is 10.6 Å². The molecule has 2 N–H and O–H groups in total. The van der Waals surface area contributed by atoms with Crippen molar-refractivity contribution in [3.05, 3.63) is 119 Å². The number of nitrogens with one attached hydrogen (secondary N) is 2. The number of methoxy groups -OCH3 is 2. The van der Waals surface area contributed by atoms with Crippen LogP contribution in [0.2, 0.25) is 0 Å². The van der Waals surface area contributed by atoms with E-state index in [2.05, 4.69) is 50.3 Å². The molecule has 45 heavy (non-hydrogen) atoms. The predicted octanol–water partition coefficient (Wildman–Crippen LogP) is 7.46. The first-order chi connectivity index (χ1) is 21.7. The summed E-state index contributed by atoms with van der Waals surface area (Å²) in [5, 5.41) is 6.41. The standard InChI is InChI=1S/C35H45ClN6O3/c1-10-18-27(33-26(11-2)31(45-9)22-21-25(44-8)23-28(33)36)34(37-7)42(14-5)24(6)39-35(38-13-4)41-30-20-17-15-16-19-29(30)40-32(43)12-3/h12-14,16-21H,3-5,10-11,15,22-23H2,1-2,6-9H3,(H,38,41)(H,40,43)/b25-21+,27-18-,31-26?,33-28?,37-34?,39-24?. The van der Waals surface area contributed by atoms with Crippen molar-refractivity contribution in [3.63, 3.8) is 0 Å². The smallest absolute Gasteiger partial charge is 0.247 e. The van der Waals surface area contributed by atoms with Gasteiger partial charge in [-0.3, -0.25) is 14.7 Å². The molecule has 2 rings (SSSR count). The molecule has 0 spiro atoms. The lowest BCUT2D eigenvalue weighted by atomic mass is 9.89. The van der Waals surface area contributed by atoms with Crippen molar-refractivity contribution in [3.8, 4) is 0 Å². The molecule has 0 aromatic heterocycles. The second kappa shape index (κ2) is 18.9. The molecule has 0 aromatic rings. The van der Waals surface area contributed by atoms with Gasteiger partial charge in [0.05, 0.1) is 31.4 Å². The molecule has 0 atom stereocenters. The van der Waals surface area contributed by atoms with Crippen LogP contribution in [0.3, 0.4) is 0 Å². The molecule has 240 valence electrons. The minimum atomic E-state index is -0.347. The van der Waals surface area contributed by atoms with Crippen molar-refractivity contribution in [1.29, 1.82) is 0 Å². The SMILES string of the molecule is C=CNC(=NC1=C(NC(=O)C=C)C=CCC=C1)N=C(C)N(C=C)C(=NC)/C(=C\CC)C1=C(Cl)C/C(OC)=C\CC(OC)=C1CC. The third kappa shape index (κ3) is 9.94. The van der Waals surface area contributed by atoms with Crippen LogP contribution >= 0.6 is 11.6 Å². The van der Waals surface area contributed by atoms with E-state index in [-0.39, 0.29) is 11.9 Å². The van der Waals surface area contributed by atoms with Gasteiger partial charge >= 0.3 is 0 Å². The van der Waals surface area contributed by atoms with Crippen LogP contribution in [0.25, 0.3) is 0 Å². The van der Waals surface area contributed by atoms with E-state index in [1.54, 1.807) is 38.4 Å². The molecule has 2 aliphatic carbocycles. The molecule has 0 bridgehead atoms. The van der Waals surface area contributed by atoms with Crippen LogP contribution in [-0.4, -0.2) is 49.7 Å². The highest BCUT2D eigenvalue weighted by molar-refractivity contribution is 6.31. The van der Waals surface area contributed by atoms with Gasteiger partial charge in [-0.15, -0.1) is 0 Å². The summed E-state index contributed by atoms with van der Waals surface area (Å²) in [7, 11) is 5.02. The fourth-order valence-corrected chi connectivity index (χ4v) is 5.09. The highest BCUT2D eigenvalue weighted by Gasteiger charge is 2.27. The number of halogens is 1. The van der Waals surface area contributed by atoms with Crippen LogP contribution in [0.1, 0.15) is 52.9 Å². The molecule has 0 heterocycles. The quantitative estimate of drug-likeness (QED) is 0.140. The predicted molar refractivity (Wildman–Crippen MR) is 187 cm³/mol. The molecule has 0 aliphatic heterocycles. The van der Waals surface area contributed by atoms with E-state index in [9.17, 15) is 4.79 Å². The molecular formula is C35H45ClN6O3. The van der Waals surface area contributed by atoms with Crippen molar-refractivity contribution in [1.82, 2.24) is 15.5 Å². The van der Waals surface area contributed by atoms with Crippen molar-refractivity contribution in [2.24, 2.45) is 15.0 Å². The van der Waals surface area contributed by atoms with Gasteiger partial charge in [0.1, 0.15) is 17.4 Å². The topological polar surface area (TPSA) is 99.9 Å². The summed E-state index contributed by atoms with van der Waals surface area (Å²) >= 11 is 7.10. The van der Waals surface area contributed by atoms with Gasteiger partial charge in [-0.05, 0) is 62.3 Å². The maximum Gasteiger partial charge on any atom is 0.247 e. The van der Waals surface area contributed by atoms with Gasteiger partial charge in [0.25, 0.3) is 0 Å². The summed E-state index contributed by atoms with van der Waals surface area (Å²) in [5.41, 5.74) is 3.64. The molecule has 9 nitrogen and oxygen atoms in total. The molecule has 0 radical (unpaired) electrons. The average Bonchev–Trinajstić information content (AvgIpc) is 3.25. The molecule has 10 heteroatoms. The van der Waals surface area contributed by atoms with E-state index in [4.69, 9.17) is 36.1 Å². The van der Waals surface area contributed by atoms with Gasteiger partial charge in [0.15, 0.2) is 0 Å². The zero-order chi connectivity index (χ0) is 33.4. The number of rotatable bonds is 11. The van der Waals surface area contributed by atoms with E-state index < -0.39 is 0 Å². The Labute approximate surface area is 272 Å². The van der Waals surface area contributed by atoms with Crippen LogP contribution in [0.4, 0.5) is 0 Å². The third-order valence-electron chi connectivity index (χ3n) is 6.78. The van der Waals surface area contributed by atoms with Gasteiger partial charge in [0.2, 0.25) is 11.9 Å². The Morgan fingerprint density at radius 3 is 2.47 bits per heavy atom. The fourth-order valence-electron chi connectivity index (χ4n) is 4.74. The first-order valence-corrected chi connectivity index (χ1v) is 15.1. The highest BCUT2D eigenvalue weighted by Crippen LogP contribution is 2.37. The number of hydrogen-bond donors (Lipinski definition) is 2. The van der Waals surface area contributed by atoms with Crippen LogP contribution in [-0.2, 0) is 14.3 Å². The highest BCUT2D eigenvalue weighted by atomic mass is 35.5. The van der Waals surface area contributed by atoms with E-state index in [1.165, 1.54) is 12.3 Å². The number of allylic oxidation sites excluding steroid dienone is 8. The van der Waals surface area contributed by atoms with Crippen molar-refractivity contribution in [2.45, 2.75) is 52.9 Å². The van der Waals surface area contributed by atoms with Crippen molar-refractivity contribution >= 4 is 35.1 Å². The second-order valence-electron chi connectivity index (χ2n) is 9.60. The Bertz CT molecular complexity index is 1470. The lowest BCUT2D eigenvalue weighted by molar-refractivity contribution is -0.115. The summed E-state index contributed by atoms with van der Waals surface area (Å²) in [6.07, 6.45) is 19.0. The van der Waals surface area contributed by atoms with E-state index in [0.717, 1.165) is 28.2 Å². The zero-order valence-electron chi connectivity index (χ0n) is 27.2. The van der Waals surface area contributed by atoms with Gasteiger partial charge in [-0.2, -0.15) is 4.99 Å². The van der Waals surface area contributed by atoms with Gasteiger partial charge in [-0.1, -0.05) is 63.4 Å². The first kappa shape index (κ1) is 36.6. The zero-order valence-corrected chi connectivity index (χ0v) is 28.0. The molecule has 0 unspecified atom stereocenters. The summed E-state index contributed by atoms with van der Waals surface area (Å²) in [6, 6.07) is 0. The molecule has 0 saturated heterocycles. The lowest BCUT2D eigenvalue weighted by Crippen LogP contribution is -2.34. The number of guanidine groups is 1. The second-order valence-corrected chi connectivity index (χ2v) is 10.1. The molecular weight excluding hydrogens is 588 g/mol. The number of nitrogens with zero attached hydrogens (tertiary/aromatic N) is 4. The molecule has 2 aliphatic rings. The Hall–Kier alpha value is -4.63. The summed E-state index contributed by atoms with van der Waals surface area (Å²) in [4.78, 5) is 28.1. The lowest BCUT2D eigenvalue weighted by Gasteiger charge is -2.28. The number of aliphatic imine (C=N–C) groups is 3. The Kier molecular flexibility index (Phi) is 15.4. The molecule has 0 saturated carbocycles. The first-order valence-electron chi connectivity index (χ1n) is 14.7. The number of amides is 1. The summed E-state index contributed by atoms with van der Waals surface area (Å²) in [6.45, 7) is 17.4. The number of hydrogen-bond acceptors (Lipinski definition) is 5. The van der Waals surface area contributed by atoms with Gasteiger partial charge in [-0.25, -0.2) is 4.99 Å². The molecule has 0 fully saturated rings. The Morgan fingerprint density at radius 1 is 1.16 bits per heavy atom. The molecule has 0 aromatic carbocycles. The van der Waals surface area contributed by atoms with Crippen molar-refractivity contribution in [2.75, 3.05) is 21.3 Å². The summed E-state index contributed by atoms with van der Waals surface area (Å²) in [5.74, 6) is 2.54. The average molecular weight is 633 g/mol. The van der Waals surface area contributed by atoms with Crippen LogP contribution in [0, 0.1) is 0 Å². The maximum atomic E-state index is 12.1. The van der Waals surface area contributed by atoms with Gasteiger partial charge < -0.3 is 20.1 Å². The Balaban J connectivity index is 2.75. The van der Waals surface area contributed by atoms with Crippen LogP contribution in [0.15, 0.2) is 134 Å². The van der Waals surface area contributed by atoms with E-state index in [0.29, 0.717) is 60.2 Å². The summed E-state index contributed by atoms with van der Waals surface area (Å²) < 4.78 is 11.5. The number of ether oxygens (including phenoxy) is 2. The van der Waals surface area contributed by atoms with Gasteiger partial charge in [0, 0.05) is 42.3 Å². The number of carbonyl (C=O) groups excluding carboxylic acids is 1. The Morgan fingerprint density at radius 2 is 1.89 bits per heavy atom. The van der Waals surface area contributed by atoms with Crippen molar-refractivity contribution < 1.29 is 14.3 Å². The minimum absolute atomic E-state index is 0.236. The number of amidine groups is 2. The third-order valence-corrected chi connectivity index (χ3v) is 7.11. The maximum absolute atomic E-state index is 12.1. The van der Waals surface area contributed by atoms with E-state index >= 15 is 0 Å². The van der Waals surface area contributed by atoms with E-state index in [1.807, 2.05) is 31.2 Å². The fraction of sp³-hybridized carbons (Fsp3) is 0.314. The van der Waals surface area contributed by atoms with Crippen LogP contribution in [0.5, 0.6) is 0 Å². The molecule has 1 amide bonds. The largest absolute Gasteiger partial charge is 0.501 e. The number of carbonyl (C=O) groups is 1. The normalized spacial score (nSPS) is 18.0. The monoisotopic (exact) mass is 632 g/mol. The minimum Gasteiger partial charge on any atom is -0.501 e.